The van der Waals surface area contributed by atoms with E-state index in [1.807, 2.05) is 18.2 Å². The molecule has 5 nitrogen and oxygen atoms in total. The molecule has 0 spiro atoms. The van der Waals surface area contributed by atoms with Gasteiger partial charge in [-0.2, -0.15) is 9.81 Å². The molecule has 92 valence electrons. The van der Waals surface area contributed by atoms with Crippen molar-refractivity contribution in [2.45, 2.75) is 25.4 Å². The average molecular weight is 235 g/mol. The zero-order chi connectivity index (χ0) is 12.5. The minimum atomic E-state index is -0.453. The predicted molar refractivity (Wildman–Crippen MR) is 67.8 cm³/mol. The van der Waals surface area contributed by atoms with Crippen LogP contribution in [0, 0.1) is 16.7 Å². The van der Waals surface area contributed by atoms with E-state index >= 15 is 0 Å². The second-order valence-corrected chi connectivity index (χ2v) is 3.99. The van der Waals surface area contributed by atoms with Crippen LogP contribution in [0.3, 0.4) is 0 Å². The highest BCUT2D eigenvalue weighted by atomic mass is 16.3. The summed E-state index contributed by atoms with van der Waals surface area (Å²) < 4.78 is 0. The predicted octanol–water partition coefficient (Wildman–Crippen LogP) is 2.24. The number of aryl methyl sites for hydroxylation is 1. The molecule has 1 heterocycles. The van der Waals surface area contributed by atoms with Crippen LogP contribution in [0.4, 0.5) is 0 Å². The van der Waals surface area contributed by atoms with Crippen molar-refractivity contribution in [3.05, 3.63) is 45.7 Å². The van der Waals surface area contributed by atoms with E-state index in [4.69, 9.17) is 0 Å². The molecule has 0 aliphatic carbocycles. The highest BCUT2D eigenvalue weighted by Gasteiger charge is 2.26. The molecule has 1 N–H and O–H groups in total. The molecule has 0 radical (unpaired) electrons. The molecular weight excluding hydrogens is 218 g/mol. The van der Waals surface area contributed by atoms with Gasteiger partial charge in [-0.25, -0.2) is 0 Å². The Balaban J connectivity index is 0.000000181. The van der Waals surface area contributed by atoms with E-state index in [2.05, 4.69) is 34.7 Å². The Morgan fingerprint density at radius 1 is 1.12 bits per heavy atom. The monoisotopic (exact) mass is 235 g/mol. The topological polar surface area (TPSA) is 70.9 Å². The van der Waals surface area contributed by atoms with E-state index in [0.29, 0.717) is 13.0 Å². The minimum Gasteiger partial charge on any atom is -0.314 e. The summed E-state index contributed by atoms with van der Waals surface area (Å²) in [4.78, 5) is 20.1. The lowest BCUT2D eigenvalue weighted by atomic mass is 10.0. The van der Waals surface area contributed by atoms with Gasteiger partial charge in [0.1, 0.15) is 12.1 Å². The van der Waals surface area contributed by atoms with Gasteiger partial charge in [0, 0.05) is 6.54 Å². The smallest absolute Gasteiger partial charge is 0.130 e. The molecule has 0 saturated carbocycles. The van der Waals surface area contributed by atoms with Gasteiger partial charge in [-0.1, -0.05) is 46.2 Å². The normalized spacial score (nSPS) is 23.1. The first kappa shape index (κ1) is 13.4. The Morgan fingerprint density at radius 2 is 1.76 bits per heavy atom. The average Bonchev–Trinajstić information content (AvgIpc) is 2.40. The number of nitrogens with zero attached hydrogens (tertiary/aromatic N) is 2. The van der Waals surface area contributed by atoms with Crippen LogP contribution >= 0.6 is 0 Å². The summed E-state index contributed by atoms with van der Waals surface area (Å²) >= 11 is 0. The summed E-state index contributed by atoms with van der Waals surface area (Å²) in [5, 5.41) is 8.57. The number of piperidine rings is 1. The van der Waals surface area contributed by atoms with Crippen LogP contribution in [0.25, 0.3) is 0 Å². The SMILES string of the molecule is Cc1ccccc1.O=NC1CCNCC1N=O. The zero-order valence-corrected chi connectivity index (χ0v) is 9.87. The summed E-state index contributed by atoms with van der Waals surface area (Å²) in [5.41, 5.74) is 1.32. The molecule has 2 rings (SSSR count). The van der Waals surface area contributed by atoms with E-state index in [-0.39, 0.29) is 0 Å². The molecule has 0 amide bonds. The molecule has 1 aliphatic rings. The summed E-state index contributed by atoms with van der Waals surface area (Å²) in [6.07, 6.45) is 0.625. The van der Waals surface area contributed by atoms with Gasteiger partial charge in [-0.15, -0.1) is 0 Å². The van der Waals surface area contributed by atoms with Gasteiger partial charge in [0.05, 0.1) is 0 Å². The van der Waals surface area contributed by atoms with Crippen molar-refractivity contribution in [1.82, 2.24) is 5.32 Å². The Labute approximate surface area is 101 Å². The third kappa shape index (κ3) is 4.82. The Kier molecular flexibility index (Phi) is 6.03. The zero-order valence-electron chi connectivity index (χ0n) is 9.87. The van der Waals surface area contributed by atoms with Gasteiger partial charge in [0.2, 0.25) is 0 Å². The molecule has 0 aromatic heterocycles. The second-order valence-electron chi connectivity index (χ2n) is 3.99. The molecule has 5 heteroatoms. The molecule has 0 bridgehead atoms. The quantitative estimate of drug-likeness (QED) is 0.799. The van der Waals surface area contributed by atoms with E-state index in [1.54, 1.807) is 0 Å². The molecule has 1 fully saturated rings. The van der Waals surface area contributed by atoms with Crippen molar-refractivity contribution < 1.29 is 0 Å². The fraction of sp³-hybridized carbons (Fsp3) is 0.500. The molecule has 17 heavy (non-hydrogen) atoms. The van der Waals surface area contributed by atoms with Crippen molar-refractivity contribution in [3.8, 4) is 0 Å². The first-order valence-corrected chi connectivity index (χ1v) is 5.65. The van der Waals surface area contributed by atoms with Gasteiger partial charge in [0.25, 0.3) is 0 Å². The molecule has 2 atom stereocenters. The summed E-state index contributed by atoms with van der Waals surface area (Å²) in [6, 6.07) is 9.41. The largest absolute Gasteiger partial charge is 0.314 e. The highest BCUT2D eigenvalue weighted by Crippen LogP contribution is 2.10. The van der Waals surface area contributed by atoms with Crippen LogP contribution in [-0.4, -0.2) is 25.2 Å². The number of nitrogens with one attached hydrogen (secondary N) is 1. The first-order valence-electron chi connectivity index (χ1n) is 5.65. The Hall–Kier alpha value is -1.62. The van der Waals surface area contributed by atoms with Crippen molar-refractivity contribution in [3.63, 3.8) is 0 Å². The molecular formula is C12H17N3O2. The first-order chi connectivity index (χ1) is 8.27. The summed E-state index contributed by atoms with van der Waals surface area (Å²) in [5.74, 6) is 0. The highest BCUT2D eigenvalue weighted by molar-refractivity contribution is 5.11. The van der Waals surface area contributed by atoms with Crippen molar-refractivity contribution in [1.29, 1.82) is 0 Å². The Morgan fingerprint density at radius 3 is 2.18 bits per heavy atom. The number of benzene rings is 1. The lowest BCUT2D eigenvalue weighted by Gasteiger charge is -2.20. The summed E-state index contributed by atoms with van der Waals surface area (Å²) in [6.45, 7) is 3.32. The number of rotatable bonds is 2. The summed E-state index contributed by atoms with van der Waals surface area (Å²) in [7, 11) is 0. The number of hydrogen-bond donors (Lipinski definition) is 1. The van der Waals surface area contributed by atoms with Gasteiger partial charge in [0.15, 0.2) is 0 Å². The fourth-order valence-electron chi connectivity index (χ4n) is 1.59. The van der Waals surface area contributed by atoms with E-state index in [1.165, 1.54) is 5.56 Å². The van der Waals surface area contributed by atoms with E-state index in [0.717, 1.165) is 6.54 Å². The van der Waals surface area contributed by atoms with Crippen LogP contribution in [0.2, 0.25) is 0 Å². The number of nitroso groups, excluding NO2 is 2. The minimum absolute atomic E-state index is 0.404. The van der Waals surface area contributed by atoms with Crippen LogP contribution in [0.5, 0.6) is 0 Å². The van der Waals surface area contributed by atoms with Crippen LogP contribution in [0.1, 0.15) is 12.0 Å². The standard InChI is InChI=1S/C7H8.C5H9N3O2/c1-7-5-3-2-4-6-7;9-7-4-1-2-6-3-5(4)8-10/h2-6H,1H3;4-6H,1-3H2. The molecule has 1 aromatic carbocycles. The Bertz CT molecular complexity index is 327. The third-order valence-electron chi connectivity index (χ3n) is 2.63. The van der Waals surface area contributed by atoms with E-state index in [9.17, 15) is 9.81 Å². The number of hydrogen-bond acceptors (Lipinski definition) is 5. The van der Waals surface area contributed by atoms with Gasteiger partial charge >= 0.3 is 0 Å². The van der Waals surface area contributed by atoms with Crippen molar-refractivity contribution in [2.75, 3.05) is 13.1 Å². The maximum Gasteiger partial charge on any atom is 0.130 e. The fourth-order valence-corrected chi connectivity index (χ4v) is 1.59. The maximum atomic E-state index is 10.1. The lowest BCUT2D eigenvalue weighted by Crippen LogP contribution is -2.41. The van der Waals surface area contributed by atoms with Gasteiger partial charge in [-0.3, -0.25) is 0 Å². The van der Waals surface area contributed by atoms with Crippen molar-refractivity contribution in [2.24, 2.45) is 10.4 Å². The van der Waals surface area contributed by atoms with Crippen LogP contribution < -0.4 is 5.32 Å². The second kappa shape index (κ2) is 7.62. The molecule has 1 aliphatic heterocycles. The molecule has 1 saturated heterocycles. The lowest BCUT2D eigenvalue weighted by molar-refractivity contribution is 0.401. The molecule has 2 unspecified atom stereocenters. The maximum absolute atomic E-state index is 10.1. The third-order valence-corrected chi connectivity index (χ3v) is 2.63. The van der Waals surface area contributed by atoms with Crippen LogP contribution in [0.15, 0.2) is 40.7 Å². The van der Waals surface area contributed by atoms with Crippen LogP contribution in [-0.2, 0) is 0 Å². The van der Waals surface area contributed by atoms with Gasteiger partial charge in [-0.05, 0) is 19.9 Å². The van der Waals surface area contributed by atoms with Gasteiger partial charge < -0.3 is 5.32 Å². The van der Waals surface area contributed by atoms with Crippen molar-refractivity contribution >= 4 is 0 Å². The van der Waals surface area contributed by atoms with E-state index < -0.39 is 12.1 Å². The molecule has 1 aromatic rings.